The van der Waals surface area contributed by atoms with E-state index < -0.39 is 0 Å². The second-order valence-corrected chi connectivity index (χ2v) is 6.34. The Balaban J connectivity index is 2.21. The van der Waals surface area contributed by atoms with Crippen molar-refractivity contribution in [3.05, 3.63) is 44.3 Å². The Morgan fingerprint density at radius 1 is 1.39 bits per heavy atom. The molecule has 0 aliphatic carbocycles. The fourth-order valence-electron chi connectivity index (χ4n) is 1.68. The van der Waals surface area contributed by atoms with E-state index in [1.54, 1.807) is 17.4 Å². The Morgan fingerprint density at radius 3 is 2.72 bits per heavy atom. The van der Waals surface area contributed by atoms with Crippen LogP contribution in [0.2, 0.25) is 0 Å². The normalized spacial score (nSPS) is 12.4. The summed E-state index contributed by atoms with van der Waals surface area (Å²) in [4.78, 5) is 2.46. The van der Waals surface area contributed by atoms with Crippen LogP contribution in [0.1, 0.15) is 22.7 Å². The van der Waals surface area contributed by atoms with Crippen LogP contribution in [-0.2, 0) is 0 Å². The molecule has 96 valence electrons. The van der Waals surface area contributed by atoms with Gasteiger partial charge in [0.05, 0.1) is 21.9 Å². The van der Waals surface area contributed by atoms with Crippen molar-refractivity contribution in [3.63, 3.8) is 0 Å². The van der Waals surface area contributed by atoms with Gasteiger partial charge in [-0.25, -0.2) is 4.39 Å². The quantitative estimate of drug-likeness (QED) is 0.800. The van der Waals surface area contributed by atoms with Crippen molar-refractivity contribution >= 4 is 38.6 Å². The first-order valence-corrected chi connectivity index (χ1v) is 7.15. The van der Waals surface area contributed by atoms with Gasteiger partial charge in [-0.05, 0) is 48.0 Å². The van der Waals surface area contributed by atoms with E-state index in [0.29, 0.717) is 15.8 Å². The number of nitrogens with two attached hydrogens (primary N) is 1. The van der Waals surface area contributed by atoms with Crippen molar-refractivity contribution in [2.75, 3.05) is 11.1 Å². The average molecular weight is 329 g/mol. The van der Waals surface area contributed by atoms with E-state index in [1.165, 1.54) is 15.8 Å². The smallest absolute Gasteiger partial charge is 0.139 e. The van der Waals surface area contributed by atoms with Crippen molar-refractivity contribution in [1.82, 2.24) is 0 Å². The number of nitrogen functional groups attached to an aromatic ring is 1. The molecule has 2 aromatic rings. The van der Waals surface area contributed by atoms with Crippen molar-refractivity contribution in [1.29, 1.82) is 0 Å². The Bertz CT molecular complexity index is 568. The van der Waals surface area contributed by atoms with E-state index in [4.69, 9.17) is 5.73 Å². The zero-order valence-corrected chi connectivity index (χ0v) is 12.5. The molecule has 2 nitrogen and oxygen atoms in total. The van der Waals surface area contributed by atoms with Crippen molar-refractivity contribution in [2.24, 2.45) is 0 Å². The third-order valence-electron chi connectivity index (χ3n) is 2.65. The van der Waals surface area contributed by atoms with Gasteiger partial charge in [-0.2, -0.15) is 0 Å². The molecule has 0 aliphatic heterocycles. The summed E-state index contributed by atoms with van der Waals surface area (Å²) in [7, 11) is 0. The minimum atomic E-state index is -0.318. The fraction of sp³-hybridized carbons (Fsp3) is 0.231. The van der Waals surface area contributed by atoms with Gasteiger partial charge in [0.25, 0.3) is 0 Å². The molecule has 1 atom stereocenters. The molecule has 0 radical (unpaired) electrons. The van der Waals surface area contributed by atoms with E-state index in [1.807, 2.05) is 6.92 Å². The van der Waals surface area contributed by atoms with Crippen LogP contribution >= 0.6 is 27.3 Å². The van der Waals surface area contributed by atoms with Crippen molar-refractivity contribution < 1.29 is 4.39 Å². The van der Waals surface area contributed by atoms with E-state index in [2.05, 4.69) is 40.3 Å². The molecular formula is C13H14BrFN2S. The number of halogens is 2. The third kappa shape index (κ3) is 2.84. The first kappa shape index (κ1) is 13.4. The highest BCUT2D eigenvalue weighted by molar-refractivity contribution is 9.10. The second-order valence-electron chi connectivity index (χ2n) is 4.17. The molecule has 3 N–H and O–H groups in total. The van der Waals surface area contributed by atoms with Gasteiger partial charge in [0.1, 0.15) is 5.82 Å². The summed E-state index contributed by atoms with van der Waals surface area (Å²) in [5.41, 5.74) is 7.02. The number of anilines is 2. The highest BCUT2D eigenvalue weighted by Crippen LogP contribution is 2.31. The zero-order valence-electron chi connectivity index (χ0n) is 10.1. The first-order valence-electron chi connectivity index (χ1n) is 5.54. The molecule has 0 aliphatic rings. The summed E-state index contributed by atoms with van der Waals surface area (Å²) < 4.78 is 13.9. The number of benzene rings is 1. The molecule has 5 heteroatoms. The topological polar surface area (TPSA) is 38.0 Å². The summed E-state index contributed by atoms with van der Waals surface area (Å²) in [5.74, 6) is -0.318. The lowest BCUT2D eigenvalue weighted by Gasteiger charge is -2.16. The van der Waals surface area contributed by atoms with Gasteiger partial charge in [-0.3, -0.25) is 0 Å². The van der Waals surface area contributed by atoms with Crippen LogP contribution in [0.4, 0.5) is 15.8 Å². The van der Waals surface area contributed by atoms with E-state index in [9.17, 15) is 4.39 Å². The van der Waals surface area contributed by atoms with Gasteiger partial charge in [0, 0.05) is 15.8 Å². The number of nitrogens with one attached hydrogen (secondary N) is 1. The SMILES string of the molecule is Cc1ccc(C(C)Nc2cc(F)c(Br)cc2N)s1. The maximum Gasteiger partial charge on any atom is 0.139 e. The molecule has 0 spiro atoms. The largest absolute Gasteiger partial charge is 0.397 e. The van der Waals surface area contributed by atoms with Gasteiger partial charge >= 0.3 is 0 Å². The third-order valence-corrected chi connectivity index (χ3v) is 4.44. The Kier molecular flexibility index (Phi) is 3.92. The Labute approximate surface area is 118 Å². The van der Waals surface area contributed by atoms with Gasteiger partial charge in [0.2, 0.25) is 0 Å². The predicted octanol–water partition coefficient (Wildman–Crippen LogP) is 4.71. The molecule has 0 amide bonds. The van der Waals surface area contributed by atoms with Gasteiger partial charge in [-0.1, -0.05) is 0 Å². The van der Waals surface area contributed by atoms with Crippen LogP contribution in [0.25, 0.3) is 0 Å². The molecule has 1 unspecified atom stereocenters. The van der Waals surface area contributed by atoms with E-state index >= 15 is 0 Å². The predicted molar refractivity (Wildman–Crippen MR) is 79.6 cm³/mol. The average Bonchev–Trinajstić information content (AvgIpc) is 2.73. The van der Waals surface area contributed by atoms with Crippen molar-refractivity contribution in [2.45, 2.75) is 19.9 Å². The minimum Gasteiger partial charge on any atom is -0.397 e. The maximum absolute atomic E-state index is 13.5. The minimum absolute atomic E-state index is 0.103. The monoisotopic (exact) mass is 328 g/mol. The first-order chi connectivity index (χ1) is 8.47. The van der Waals surface area contributed by atoms with Crippen LogP contribution in [0, 0.1) is 12.7 Å². The molecule has 0 bridgehead atoms. The summed E-state index contributed by atoms with van der Waals surface area (Å²) in [5, 5.41) is 3.23. The summed E-state index contributed by atoms with van der Waals surface area (Å²) >= 11 is 4.84. The lowest BCUT2D eigenvalue weighted by atomic mass is 10.2. The molecule has 18 heavy (non-hydrogen) atoms. The van der Waals surface area contributed by atoms with Crippen LogP contribution in [0.15, 0.2) is 28.7 Å². The summed E-state index contributed by atoms with van der Waals surface area (Å²) in [6, 6.07) is 7.24. The van der Waals surface area contributed by atoms with E-state index in [0.717, 1.165) is 0 Å². The summed E-state index contributed by atoms with van der Waals surface area (Å²) in [6.07, 6.45) is 0. The van der Waals surface area contributed by atoms with Gasteiger partial charge in [0.15, 0.2) is 0 Å². The Hall–Kier alpha value is -1.07. The highest BCUT2D eigenvalue weighted by Gasteiger charge is 2.11. The zero-order chi connectivity index (χ0) is 13.3. The van der Waals surface area contributed by atoms with Crippen LogP contribution in [0.3, 0.4) is 0 Å². The second kappa shape index (κ2) is 5.28. The number of rotatable bonds is 3. The number of hydrogen-bond donors (Lipinski definition) is 2. The standard InChI is InChI=1S/C13H14BrFN2S/c1-7-3-4-13(18-7)8(2)17-12-6-10(15)9(14)5-11(12)16/h3-6,8,17H,16H2,1-2H3. The molecule has 0 saturated carbocycles. The van der Waals surface area contributed by atoms with Crippen LogP contribution in [-0.4, -0.2) is 0 Å². The van der Waals surface area contributed by atoms with Crippen LogP contribution < -0.4 is 11.1 Å². The highest BCUT2D eigenvalue weighted by atomic mass is 79.9. The fourth-order valence-corrected chi connectivity index (χ4v) is 2.92. The molecule has 0 fully saturated rings. The van der Waals surface area contributed by atoms with Crippen LogP contribution in [0.5, 0.6) is 0 Å². The lowest BCUT2D eigenvalue weighted by molar-refractivity contribution is 0.621. The molecule has 1 aromatic heterocycles. The van der Waals surface area contributed by atoms with E-state index in [-0.39, 0.29) is 11.9 Å². The maximum atomic E-state index is 13.5. The number of aryl methyl sites for hydroxylation is 1. The number of hydrogen-bond acceptors (Lipinski definition) is 3. The number of thiophene rings is 1. The van der Waals surface area contributed by atoms with Gasteiger partial charge < -0.3 is 11.1 Å². The Morgan fingerprint density at radius 2 is 2.11 bits per heavy atom. The molecule has 0 saturated heterocycles. The molecule has 2 rings (SSSR count). The summed E-state index contributed by atoms with van der Waals surface area (Å²) in [6.45, 7) is 4.10. The van der Waals surface area contributed by atoms with Gasteiger partial charge in [-0.15, -0.1) is 11.3 Å². The molecular weight excluding hydrogens is 315 g/mol. The molecule has 1 aromatic carbocycles. The molecule has 1 heterocycles. The van der Waals surface area contributed by atoms with Crippen molar-refractivity contribution in [3.8, 4) is 0 Å². The lowest BCUT2D eigenvalue weighted by Crippen LogP contribution is -2.07.